The zero-order valence-electron chi connectivity index (χ0n) is 12.7. The highest BCUT2D eigenvalue weighted by Gasteiger charge is 2.16. The minimum absolute atomic E-state index is 0.0985. The van der Waals surface area contributed by atoms with Crippen molar-refractivity contribution in [3.8, 4) is 0 Å². The van der Waals surface area contributed by atoms with Gasteiger partial charge in [-0.05, 0) is 44.3 Å². The highest BCUT2D eigenvalue weighted by Crippen LogP contribution is 2.20. The Labute approximate surface area is 122 Å². The van der Waals surface area contributed by atoms with Gasteiger partial charge in [-0.3, -0.25) is 0 Å². The number of benzene rings is 1. The average Bonchev–Trinajstić information content (AvgIpc) is 2.47. The van der Waals surface area contributed by atoms with Crippen LogP contribution in [0.2, 0.25) is 0 Å². The lowest BCUT2D eigenvalue weighted by Crippen LogP contribution is -2.38. The first-order valence-electron chi connectivity index (χ1n) is 7.91. The van der Waals surface area contributed by atoms with Crippen LogP contribution in [0.15, 0.2) is 24.3 Å². The molecule has 2 nitrogen and oxygen atoms in total. The lowest BCUT2D eigenvalue weighted by atomic mass is 9.99. The molecular weight excluding hydrogens is 251 g/mol. The molecule has 0 spiro atoms. The summed E-state index contributed by atoms with van der Waals surface area (Å²) < 4.78 is 13.8. The van der Waals surface area contributed by atoms with E-state index >= 15 is 0 Å². The lowest BCUT2D eigenvalue weighted by Gasteiger charge is -2.30. The number of nitrogens with zero attached hydrogens (tertiary/aromatic N) is 1. The van der Waals surface area contributed by atoms with Gasteiger partial charge in [-0.2, -0.15) is 0 Å². The van der Waals surface area contributed by atoms with Gasteiger partial charge in [0, 0.05) is 24.7 Å². The molecule has 1 unspecified atom stereocenters. The molecule has 1 aromatic rings. The van der Waals surface area contributed by atoms with Gasteiger partial charge >= 0.3 is 0 Å². The first-order valence-corrected chi connectivity index (χ1v) is 7.91. The minimum atomic E-state index is -0.0985. The van der Waals surface area contributed by atoms with Gasteiger partial charge in [-0.25, -0.2) is 4.39 Å². The molecule has 0 bridgehead atoms. The van der Waals surface area contributed by atoms with Crippen molar-refractivity contribution in [2.24, 2.45) is 5.92 Å². The molecule has 1 heterocycles. The molecule has 2 rings (SSSR count). The Morgan fingerprint density at radius 3 is 2.65 bits per heavy atom. The summed E-state index contributed by atoms with van der Waals surface area (Å²) in [6.45, 7) is 8.85. The monoisotopic (exact) mass is 278 g/mol. The van der Waals surface area contributed by atoms with Crippen LogP contribution in [-0.4, -0.2) is 31.1 Å². The normalized spacial score (nSPS) is 19.1. The maximum Gasteiger partial charge on any atom is 0.127 e. The molecule has 1 saturated heterocycles. The van der Waals surface area contributed by atoms with Gasteiger partial charge in [-0.1, -0.05) is 32.0 Å². The van der Waals surface area contributed by atoms with Crippen LogP contribution in [0.25, 0.3) is 0 Å². The lowest BCUT2D eigenvalue weighted by molar-refractivity contribution is 0.191. The molecule has 0 aliphatic carbocycles. The van der Waals surface area contributed by atoms with Gasteiger partial charge in [-0.15, -0.1) is 0 Å². The Hall–Kier alpha value is -0.930. The van der Waals surface area contributed by atoms with Crippen molar-refractivity contribution in [1.82, 2.24) is 10.2 Å². The van der Waals surface area contributed by atoms with Crippen molar-refractivity contribution in [3.05, 3.63) is 35.6 Å². The number of piperidine rings is 1. The maximum absolute atomic E-state index is 13.8. The van der Waals surface area contributed by atoms with Gasteiger partial charge in [0.05, 0.1) is 0 Å². The molecule has 1 aliphatic heterocycles. The summed E-state index contributed by atoms with van der Waals surface area (Å²) in [5.74, 6) is 0.777. The SMILES string of the molecule is CCC(NCCN1CCC(C)CC1)c1ccccc1F. The third kappa shape index (κ3) is 4.29. The van der Waals surface area contributed by atoms with Crippen LogP contribution < -0.4 is 5.32 Å². The highest BCUT2D eigenvalue weighted by atomic mass is 19.1. The second kappa shape index (κ2) is 7.75. The summed E-state index contributed by atoms with van der Waals surface area (Å²) in [7, 11) is 0. The second-order valence-electron chi connectivity index (χ2n) is 5.96. The molecule has 0 radical (unpaired) electrons. The van der Waals surface area contributed by atoms with Crippen molar-refractivity contribution in [2.75, 3.05) is 26.2 Å². The fraction of sp³-hybridized carbons (Fsp3) is 0.647. The third-order valence-corrected chi connectivity index (χ3v) is 4.38. The highest BCUT2D eigenvalue weighted by molar-refractivity contribution is 5.21. The second-order valence-corrected chi connectivity index (χ2v) is 5.96. The standard InChI is InChI=1S/C17H27FN2/c1-3-17(15-6-4-5-7-16(15)18)19-10-13-20-11-8-14(2)9-12-20/h4-7,14,17,19H,3,8-13H2,1-2H3. The predicted molar refractivity (Wildman–Crippen MR) is 82.3 cm³/mol. The third-order valence-electron chi connectivity index (χ3n) is 4.38. The van der Waals surface area contributed by atoms with Crippen LogP contribution in [0.4, 0.5) is 4.39 Å². The van der Waals surface area contributed by atoms with Crippen molar-refractivity contribution in [2.45, 2.75) is 39.2 Å². The number of likely N-dealkylation sites (tertiary alicyclic amines) is 1. The van der Waals surface area contributed by atoms with Crippen LogP contribution in [0, 0.1) is 11.7 Å². The van der Waals surface area contributed by atoms with Crippen molar-refractivity contribution in [3.63, 3.8) is 0 Å². The molecular formula is C17H27FN2. The molecule has 1 aromatic carbocycles. The van der Waals surface area contributed by atoms with E-state index in [1.807, 2.05) is 12.1 Å². The van der Waals surface area contributed by atoms with Gasteiger partial charge in [0.2, 0.25) is 0 Å². The van der Waals surface area contributed by atoms with Gasteiger partial charge in [0.25, 0.3) is 0 Å². The van der Waals surface area contributed by atoms with Crippen LogP contribution in [-0.2, 0) is 0 Å². The van der Waals surface area contributed by atoms with Gasteiger partial charge in [0.15, 0.2) is 0 Å². The number of hydrogen-bond acceptors (Lipinski definition) is 2. The van der Waals surface area contributed by atoms with E-state index in [1.165, 1.54) is 25.9 Å². The van der Waals surface area contributed by atoms with E-state index in [0.29, 0.717) is 0 Å². The fourth-order valence-corrected chi connectivity index (χ4v) is 2.91. The van der Waals surface area contributed by atoms with Crippen LogP contribution in [0.1, 0.15) is 44.7 Å². The Balaban J connectivity index is 1.78. The molecule has 1 N–H and O–H groups in total. The van der Waals surface area contributed by atoms with Crippen molar-refractivity contribution in [1.29, 1.82) is 0 Å². The van der Waals surface area contributed by atoms with E-state index in [9.17, 15) is 4.39 Å². The van der Waals surface area contributed by atoms with E-state index in [4.69, 9.17) is 0 Å². The zero-order valence-corrected chi connectivity index (χ0v) is 12.7. The van der Waals surface area contributed by atoms with E-state index in [-0.39, 0.29) is 11.9 Å². The van der Waals surface area contributed by atoms with E-state index in [1.54, 1.807) is 12.1 Å². The molecule has 0 aromatic heterocycles. The fourth-order valence-electron chi connectivity index (χ4n) is 2.91. The minimum Gasteiger partial charge on any atom is -0.309 e. The summed E-state index contributed by atoms with van der Waals surface area (Å²) in [5.41, 5.74) is 0.794. The van der Waals surface area contributed by atoms with Crippen LogP contribution in [0.3, 0.4) is 0 Å². The van der Waals surface area contributed by atoms with Crippen molar-refractivity contribution >= 4 is 0 Å². The largest absolute Gasteiger partial charge is 0.309 e. The van der Waals surface area contributed by atoms with E-state index in [2.05, 4.69) is 24.1 Å². The maximum atomic E-state index is 13.8. The van der Waals surface area contributed by atoms with Gasteiger partial charge < -0.3 is 10.2 Å². The first-order chi connectivity index (χ1) is 9.70. The Morgan fingerprint density at radius 2 is 2.00 bits per heavy atom. The predicted octanol–water partition coefficient (Wildman–Crippen LogP) is 3.60. The summed E-state index contributed by atoms with van der Waals surface area (Å²) in [6, 6.07) is 7.22. The Kier molecular flexibility index (Phi) is 5.99. The number of rotatable bonds is 6. The molecule has 0 saturated carbocycles. The molecule has 20 heavy (non-hydrogen) atoms. The Morgan fingerprint density at radius 1 is 1.30 bits per heavy atom. The quantitative estimate of drug-likeness (QED) is 0.855. The van der Waals surface area contributed by atoms with Crippen LogP contribution in [0.5, 0.6) is 0 Å². The summed E-state index contributed by atoms with van der Waals surface area (Å²) in [5, 5.41) is 3.50. The van der Waals surface area contributed by atoms with Crippen molar-refractivity contribution < 1.29 is 4.39 Å². The number of hydrogen-bond donors (Lipinski definition) is 1. The van der Waals surface area contributed by atoms with E-state index in [0.717, 1.165) is 31.0 Å². The molecule has 1 atom stereocenters. The molecule has 1 aliphatic rings. The molecule has 112 valence electrons. The number of nitrogens with one attached hydrogen (secondary N) is 1. The molecule has 0 amide bonds. The summed E-state index contributed by atoms with van der Waals surface area (Å²) >= 11 is 0. The zero-order chi connectivity index (χ0) is 14.4. The first kappa shape index (κ1) is 15.5. The smallest absolute Gasteiger partial charge is 0.127 e. The summed E-state index contributed by atoms with van der Waals surface area (Å²) in [4.78, 5) is 2.51. The van der Waals surface area contributed by atoms with Crippen LogP contribution >= 0.6 is 0 Å². The Bertz CT molecular complexity index is 400. The average molecular weight is 278 g/mol. The van der Waals surface area contributed by atoms with E-state index < -0.39 is 0 Å². The molecule has 1 fully saturated rings. The van der Waals surface area contributed by atoms with Gasteiger partial charge in [0.1, 0.15) is 5.82 Å². The summed E-state index contributed by atoms with van der Waals surface area (Å²) in [6.07, 6.45) is 3.53. The topological polar surface area (TPSA) is 15.3 Å². The number of halogens is 1. The molecule has 3 heteroatoms.